The molecule has 68 valence electrons. The van der Waals surface area contributed by atoms with E-state index in [1.165, 1.54) is 17.9 Å². The number of nitriles is 1. The van der Waals surface area contributed by atoms with Crippen molar-refractivity contribution in [3.8, 4) is 6.07 Å². The fraction of sp³-hybridized carbons (Fsp3) is 0.375. The van der Waals surface area contributed by atoms with Crippen molar-refractivity contribution in [2.24, 2.45) is 0 Å². The van der Waals surface area contributed by atoms with Crippen molar-refractivity contribution in [2.45, 2.75) is 13.0 Å². The average Bonchev–Trinajstić information content (AvgIpc) is 2.62. The molecule has 0 spiro atoms. The van der Waals surface area contributed by atoms with Gasteiger partial charge in [-0.1, -0.05) is 0 Å². The maximum atomic E-state index is 11.1. The third kappa shape index (κ3) is 1.67. The highest BCUT2D eigenvalue weighted by molar-refractivity contribution is 5.73. The van der Waals surface area contributed by atoms with E-state index in [1.54, 1.807) is 13.1 Å². The molecule has 1 aromatic heterocycles. The molecule has 0 aromatic carbocycles. The number of methoxy groups -OCH3 is 1. The lowest BCUT2D eigenvalue weighted by atomic mass is 10.3. The van der Waals surface area contributed by atoms with E-state index in [0.29, 0.717) is 0 Å². The van der Waals surface area contributed by atoms with E-state index >= 15 is 0 Å². The van der Waals surface area contributed by atoms with Crippen molar-refractivity contribution < 1.29 is 9.53 Å². The summed E-state index contributed by atoms with van der Waals surface area (Å²) < 4.78 is 6.00. The molecule has 1 aromatic rings. The van der Waals surface area contributed by atoms with Gasteiger partial charge < -0.3 is 9.30 Å². The van der Waals surface area contributed by atoms with Gasteiger partial charge in [0.05, 0.1) is 7.11 Å². The van der Waals surface area contributed by atoms with Gasteiger partial charge in [-0.2, -0.15) is 5.26 Å². The monoisotopic (exact) mass is 179 g/mol. The first-order valence-electron chi connectivity index (χ1n) is 3.71. The van der Waals surface area contributed by atoms with Gasteiger partial charge in [-0.25, -0.2) is 9.78 Å². The van der Waals surface area contributed by atoms with Gasteiger partial charge >= 0.3 is 5.97 Å². The Labute approximate surface area is 75.6 Å². The number of hydrogen-bond donors (Lipinski definition) is 0. The van der Waals surface area contributed by atoms with Gasteiger partial charge in [0.15, 0.2) is 0 Å². The Hall–Kier alpha value is -1.83. The minimum absolute atomic E-state index is 0.206. The molecule has 1 rings (SSSR count). The molecule has 0 aliphatic rings. The van der Waals surface area contributed by atoms with E-state index in [1.807, 2.05) is 6.07 Å². The summed E-state index contributed by atoms with van der Waals surface area (Å²) in [6.07, 6.45) is 3.04. The van der Waals surface area contributed by atoms with Gasteiger partial charge in [0, 0.05) is 12.4 Å². The fourth-order valence-corrected chi connectivity index (χ4v) is 0.996. The molecular weight excluding hydrogens is 170 g/mol. The first kappa shape index (κ1) is 9.26. The van der Waals surface area contributed by atoms with Crippen LogP contribution in [0.15, 0.2) is 12.4 Å². The Kier molecular flexibility index (Phi) is 2.65. The van der Waals surface area contributed by atoms with E-state index in [-0.39, 0.29) is 5.82 Å². The summed E-state index contributed by atoms with van der Waals surface area (Å²) in [5.74, 6) is -0.188. The highest BCUT2D eigenvalue weighted by atomic mass is 16.5. The number of carbonyl (C=O) groups is 1. The Morgan fingerprint density at radius 3 is 3.08 bits per heavy atom. The predicted molar refractivity (Wildman–Crippen MR) is 43.7 cm³/mol. The third-order valence-electron chi connectivity index (χ3n) is 1.73. The molecule has 1 heterocycles. The van der Waals surface area contributed by atoms with Gasteiger partial charge in [0.25, 0.3) is 0 Å². The second-order valence-corrected chi connectivity index (χ2v) is 2.47. The van der Waals surface area contributed by atoms with Gasteiger partial charge in [-0.05, 0) is 6.92 Å². The highest BCUT2D eigenvalue weighted by Crippen LogP contribution is 2.09. The molecular formula is C8H9N3O2. The number of ether oxygens (including phenoxy) is 1. The van der Waals surface area contributed by atoms with Crippen LogP contribution in [0.4, 0.5) is 0 Å². The van der Waals surface area contributed by atoms with Crippen LogP contribution in [0, 0.1) is 11.3 Å². The second-order valence-electron chi connectivity index (χ2n) is 2.47. The van der Waals surface area contributed by atoms with E-state index in [0.717, 1.165) is 0 Å². The number of rotatable bonds is 2. The normalized spacial score (nSPS) is 11.8. The summed E-state index contributed by atoms with van der Waals surface area (Å²) in [7, 11) is 1.31. The van der Waals surface area contributed by atoms with E-state index < -0.39 is 12.0 Å². The van der Waals surface area contributed by atoms with Crippen molar-refractivity contribution in [1.29, 1.82) is 5.26 Å². The van der Waals surface area contributed by atoms with E-state index in [4.69, 9.17) is 5.26 Å². The zero-order chi connectivity index (χ0) is 9.84. The van der Waals surface area contributed by atoms with Crippen LogP contribution in [0.3, 0.4) is 0 Å². The van der Waals surface area contributed by atoms with Crippen LogP contribution in [-0.4, -0.2) is 22.6 Å². The summed E-state index contributed by atoms with van der Waals surface area (Å²) in [5.41, 5.74) is 0. The quantitative estimate of drug-likeness (QED) is 0.619. The van der Waals surface area contributed by atoms with E-state index in [9.17, 15) is 4.79 Å². The summed E-state index contributed by atoms with van der Waals surface area (Å²) in [5, 5.41) is 8.63. The largest absolute Gasteiger partial charge is 0.467 e. The molecule has 5 nitrogen and oxygen atoms in total. The molecule has 1 unspecified atom stereocenters. The second kappa shape index (κ2) is 3.72. The van der Waals surface area contributed by atoms with Crippen molar-refractivity contribution >= 4 is 5.97 Å². The van der Waals surface area contributed by atoms with Crippen LogP contribution in [0.1, 0.15) is 18.8 Å². The molecule has 13 heavy (non-hydrogen) atoms. The van der Waals surface area contributed by atoms with Gasteiger partial charge in [-0.15, -0.1) is 0 Å². The van der Waals surface area contributed by atoms with Gasteiger partial charge in [0.1, 0.15) is 12.1 Å². The molecule has 0 radical (unpaired) electrons. The van der Waals surface area contributed by atoms with Crippen LogP contribution < -0.4 is 0 Å². The van der Waals surface area contributed by atoms with Crippen LogP contribution in [0.2, 0.25) is 0 Å². The Morgan fingerprint density at radius 2 is 2.54 bits per heavy atom. The minimum Gasteiger partial charge on any atom is -0.467 e. The zero-order valence-corrected chi connectivity index (χ0v) is 7.39. The van der Waals surface area contributed by atoms with Crippen LogP contribution >= 0.6 is 0 Å². The minimum atomic E-state index is -0.512. The lowest BCUT2D eigenvalue weighted by Crippen LogP contribution is -2.18. The summed E-state index contributed by atoms with van der Waals surface area (Å²) in [6, 6.07) is 1.37. The first-order chi connectivity index (χ1) is 6.20. The molecule has 0 saturated carbocycles. The molecule has 0 bridgehead atoms. The van der Waals surface area contributed by atoms with Crippen LogP contribution in [0.5, 0.6) is 0 Å². The van der Waals surface area contributed by atoms with Crippen molar-refractivity contribution in [3.63, 3.8) is 0 Å². The topological polar surface area (TPSA) is 67.9 Å². The van der Waals surface area contributed by atoms with Crippen molar-refractivity contribution in [3.05, 3.63) is 18.2 Å². The molecule has 0 aliphatic heterocycles. The lowest BCUT2D eigenvalue weighted by molar-refractivity contribution is -0.144. The van der Waals surface area contributed by atoms with Crippen molar-refractivity contribution in [1.82, 2.24) is 9.55 Å². The zero-order valence-electron chi connectivity index (χ0n) is 7.39. The SMILES string of the molecule is COC(=O)C(C)n1ccnc1C#N. The maximum Gasteiger partial charge on any atom is 0.328 e. The van der Waals surface area contributed by atoms with Gasteiger partial charge in [0.2, 0.25) is 5.82 Å². The average molecular weight is 179 g/mol. The molecule has 0 amide bonds. The molecule has 5 heteroatoms. The number of aromatic nitrogens is 2. The number of imidazole rings is 1. The lowest BCUT2D eigenvalue weighted by Gasteiger charge is -2.10. The van der Waals surface area contributed by atoms with Crippen molar-refractivity contribution in [2.75, 3.05) is 7.11 Å². The van der Waals surface area contributed by atoms with Gasteiger partial charge in [-0.3, -0.25) is 0 Å². The van der Waals surface area contributed by atoms with E-state index in [2.05, 4.69) is 9.72 Å². The Balaban J connectivity index is 2.95. The molecule has 1 atom stereocenters. The third-order valence-corrected chi connectivity index (χ3v) is 1.73. The summed E-state index contributed by atoms with van der Waals surface area (Å²) >= 11 is 0. The highest BCUT2D eigenvalue weighted by Gasteiger charge is 2.17. The Morgan fingerprint density at radius 1 is 1.85 bits per heavy atom. The van der Waals surface area contributed by atoms with Crippen LogP contribution in [0.25, 0.3) is 0 Å². The number of hydrogen-bond acceptors (Lipinski definition) is 4. The maximum absolute atomic E-state index is 11.1. The fourth-order valence-electron chi connectivity index (χ4n) is 0.996. The number of nitrogens with zero attached hydrogens (tertiary/aromatic N) is 3. The smallest absolute Gasteiger partial charge is 0.328 e. The molecule has 0 aliphatic carbocycles. The standard InChI is InChI=1S/C8H9N3O2/c1-6(8(12)13-2)11-4-3-10-7(11)5-9/h3-4,6H,1-2H3. The van der Waals surface area contributed by atoms with Crippen LogP contribution in [-0.2, 0) is 9.53 Å². The number of esters is 1. The summed E-state index contributed by atoms with van der Waals surface area (Å²) in [6.45, 7) is 1.65. The summed E-state index contributed by atoms with van der Waals surface area (Å²) in [4.78, 5) is 14.9. The molecule has 0 saturated heterocycles. The number of carbonyl (C=O) groups excluding carboxylic acids is 1. The molecule has 0 fully saturated rings. The predicted octanol–water partition coefficient (Wildman–Crippen LogP) is 0.489. The molecule has 0 N–H and O–H groups in total. The first-order valence-corrected chi connectivity index (χ1v) is 3.71. The Bertz CT molecular complexity index is 351.